The molecule has 0 unspecified atom stereocenters. The summed E-state index contributed by atoms with van der Waals surface area (Å²) in [6, 6.07) is 0. The normalized spacial score (nSPS) is 26.2. The van der Waals surface area contributed by atoms with E-state index in [1.807, 2.05) is 0 Å². The van der Waals surface area contributed by atoms with Crippen molar-refractivity contribution in [3.8, 4) is 0 Å². The van der Waals surface area contributed by atoms with Crippen LogP contribution in [-0.4, -0.2) is 43.7 Å². The molecular weight excluding hydrogens is 299 g/mol. The van der Waals surface area contributed by atoms with Gasteiger partial charge in [-0.15, -0.1) is 0 Å². The quantitative estimate of drug-likeness (QED) is 0.533. The molecule has 0 aromatic heterocycles. The minimum Gasteiger partial charge on any atom is -0.349 e. The number of rotatable bonds is 7. The van der Waals surface area contributed by atoms with E-state index in [4.69, 9.17) is 18.5 Å². The molecule has 0 N–H and O–H groups in total. The van der Waals surface area contributed by atoms with Crippen LogP contribution in [0, 0.1) is 0 Å². The Balaban J connectivity index is 2.46. The standard InChI is InChI=1S/C9H18BrO5P/c1-3-13-16(11,14-4-2)7-9-12-6-8(5-10)15-9/h8-9H,3-7H2,1-2H3/t8-,9-/m1/s1. The van der Waals surface area contributed by atoms with Gasteiger partial charge in [0.05, 0.1) is 25.9 Å². The van der Waals surface area contributed by atoms with E-state index in [0.29, 0.717) is 25.2 Å². The number of halogens is 1. The molecule has 0 radical (unpaired) electrons. The van der Waals surface area contributed by atoms with Crippen molar-refractivity contribution in [2.75, 3.05) is 31.3 Å². The van der Waals surface area contributed by atoms with E-state index in [0.717, 1.165) is 0 Å². The molecule has 1 aliphatic heterocycles. The van der Waals surface area contributed by atoms with Gasteiger partial charge in [0.15, 0.2) is 6.29 Å². The lowest BCUT2D eigenvalue weighted by atomic mass is 10.5. The van der Waals surface area contributed by atoms with Gasteiger partial charge >= 0.3 is 7.60 Å². The second-order valence-electron chi connectivity index (χ2n) is 3.30. The molecule has 2 atom stereocenters. The van der Waals surface area contributed by atoms with Gasteiger partial charge in [-0.2, -0.15) is 0 Å². The third kappa shape index (κ3) is 4.43. The van der Waals surface area contributed by atoms with Crippen LogP contribution < -0.4 is 0 Å². The molecule has 5 nitrogen and oxygen atoms in total. The largest absolute Gasteiger partial charge is 0.349 e. The maximum Gasteiger partial charge on any atom is 0.335 e. The topological polar surface area (TPSA) is 54.0 Å². The van der Waals surface area contributed by atoms with Crippen LogP contribution in [0.1, 0.15) is 13.8 Å². The average Bonchev–Trinajstić information content (AvgIpc) is 2.65. The molecule has 0 amide bonds. The lowest BCUT2D eigenvalue weighted by molar-refractivity contribution is -0.0393. The highest BCUT2D eigenvalue weighted by atomic mass is 79.9. The van der Waals surface area contributed by atoms with Crippen molar-refractivity contribution >= 4 is 23.5 Å². The van der Waals surface area contributed by atoms with Crippen LogP contribution in [0.4, 0.5) is 0 Å². The highest BCUT2D eigenvalue weighted by molar-refractivity contribution is 9.09. The fourth-order valence-electron chi connectivity index (χ4n) is 1.40. The van der Waals surface area contributed by atoms with Crippen molar-refractivity contribution in [2.45, 2.75) is 26.2 Å². The first-order valence-corrected chi connectivity index (χ1v) is 8.19. The molecule has 0 bridgehead atoms. The summed E-state index contributed by atoms with van der Waals surface area (Å²) in [5.74, 6) is 0. The van der Waals surface area contributed by atoms with Crippen molar-refractivity contribution in [1.82, 2.24) is 0 Å². The second-order valence-corrected chi connectivity index (χ2v) is 6.06. The van der Waals surface area contributed by atoms with Crippen LogP contribution in [0.25, 0.3) is 0 Å². The Morgan fingerprint density at radius 2 is 2.00 bits per heavy atom. The SMILES string of the molecule is CCOP(=O)(C[C@@H]1OC[C@@H](CBr)O1)OCC. The van der Waals surface area contributed by atoms with Crippen LogP contribution in [0.5, 0.6) is 0 Å². The van der Waals surface area contributed by atoms with Gasteiger partial charge < -0.3 is 18.5 Å². The lowest BCUT2D eigenvalue weighted by Crippen LogP contribution is -2.18. The van der Waals surface area contributed by atoms with E-state index in [1.54, 1.807) is 13.8 Å². The summed E-state index contributed by atoms with van der Waals surface area (Å²) in [6.07, 6.45) is -0.328. The molecule has 1 fully saturated rings. The van der Waals surface area contributed by atoms with E-state index >= 15 is 0 Å². The zero-order valence-corrected chi connectivity index (χ0v) is 12.0. The Labute approximate surface area is 104 Å². The molecule has 1 heterocycles. The summed E-state index contributed by atoms with van der Waals surface area (Å²) in [4.78, 5) is 0. The fourth-order valence-corrected chi connectivity index (χ4v) is 3.37. The van der Waals surface area contributed by atoms with Crippen molar-refractivity contribution < 1.29 is 23.1 Å². The van der Waals surface area contributed by atoms with Crippen molar-refractivity contribution in [3.63, 3.8) is 0 Å². The first-order valence-electron chi connectivity index (χ1n) is 5.34. The van der Waals surface area contributed by atoms with E-state index in [-0.39, 0.29) is 12.3 Å². The molecular formula is C9H18BrO5P. The Hall–Kier alpha value is 0.550. The number of ether oxygens (including phenoxy) is 2. The van der Waals surface area contributed by atoms with E-state index in [1.165, 1.54) is 0 Å². The summed E-state index contributed by atoms with van der Waals surface area (Å²) >= 11 is 3.31. The molecule has 0 aromatic carbocycles. The van der Waals surface area contributed by atoms with Crippen molar-refractivity contribution in [1.29, 1.82) is 0 Å². The minimum absolute atomic E-state index is 0.0155. The molecule has 7 heteroatoms. The lowest BCUT2D eigenvalue weighted by Gasteiger charge is -2.19. The average molecular weight is 317 g/mol. The summed E-state index contributed by atoms with van der Waals surface area (Å²) in [6.45, 7) is 4.78. The summed E-state index contributed by atoms with van der Waals surface area (Å²) in [5, 5.41) is 0.705. The number of alkyl halides is 1. The van der Waals surface area contributed by atoms with E-state index in [9.17, 15) is 4.57 Å². The fraction of sp³-hybridized carbons (Fsp3) is 1.00. The first-order chi connectivity index (χ1) is 7.63. The second kappa shape index (κ2) is 7.09. The highest BCUT2D eigenvalue weighted by Crippen LogP contribution is 2.49. The Kier molecular flexibility index (Phi) is 6.47. The smallest absolute Gasteiger partial charge is 0.335 e. The van der Waals surface area contributed by atoms with Gasteiger partial charge in [0.1, 0.15) is 6.16 Å². The zero-order chi connectivity index (χ0) is 12.0. The van der Waals surface area contributed by atoms with E-state index in [2.05, 4.69) is 15.9 Å². The van der Waals surface area contributed by atoms with Crippen LogP contribution in [0.2, 0.25) is 0 Å². The van der Waals surface area contributed by atoms with Crippen LogP contribution in [0.3, 0.4) is 0 Å². The third-order valence-electron chi connectivity index (χ3n) is 2.01. The maximum atomic E-state index is 12.1. The zero-order valence-electron chi connectivity index (χ0n) is 9.56. The monoisotopic (exact) mass is 316 g/mol. The third-order valence-corrected chi connectivity index (χ3v) is 4.78. The van der Waals surface area contributed by atoms with E-state index < -0.39 is 13.9 Å². The molecule has 16 heavy (non-hydrogen) atoms. The number of hydrogen-bond donors (Lipinski definition) is 0. The molecule has 96 valence electrons. The summed E-state index contributed by atoms with van der Waals surface area (Å²) in [5.41, 5.74) is 0. The molecule has 0 aromatic rings. The molecule has 0 saturated carbocycles. The van der Waals surface area contributed by atoms with Gasteiger partial charge in [-0.3, -0.25) is 4.57 Å². The van der Waals surface area contributed by atoms with Crippen LogP contribution in [-0.2, 0) is 23.1 Å². The summed E-state index contributed by atoms with van der Waals surface area (Å²) < 4.78 is 33.3. The van der Waals surface area contributed by atoms with Crippen LogP contribution >= 0.6 is 23.5 Å². The first kappa shape index (κ1) is 14.6. The predicted molar refractivity (Wildman–Crippen MR) is 64.1 cm³/mol. The summed E-state index contributed by atoms with van der Waals surface area (Å²) in [7, 11) is -3.07. The van der Waals surface area contributed by atoms with Crippen molar-refractivity contribution in [2.24, 2.45) is 0 Å². The number of hydrogen-bond acceptors (Lipinski definition) is 5. The Morgan fingerprint density at radius 1 is 1.38 bits per heavy atom. The maximum absolute atomic E-state index is 12.1. The minimum atomic E-state index is -3.07. The Bertz CT molecular complexity index is 240. The van der Waals surface area contributed by atoms with Gasteiger partial charge in [-0.1, -0.05) is 15.9 Å². The van der Waals surface area contributed by atoms with Gasteiger partial charge in [0, 0.05) is 5.33 Å². The molecule has 1 rings (SSSR count). The molecule has 1 saturated heterocycles. The van der Waals surface area contributed by atoms with Crippen molar-refractivity contribution in [3.05, 3.63) is 0 Å². The molecule has 0 spiro atoms. The van der Waals surface area contributed by atoms with Gasteiger partial charge in [0.2, 0.25) is 0 Å². The van der Waals surface area contributed by atoms with Gasteiger partial charge in [-0.05, 0) is 13.8 Å². The van der Waals surface area contributed by atoms with Crippen LogP contribution in [0.15, 0.2) is 0 Å². The molecule has 0 aliphatic carbocycles. The van der Waals surface area contributed by atoms with Gasteiger partial charge in [0.25, 0.3) is 0 Å². The molecule has 1 aliphatic rings. The Morgan fingerprint density at radius 3 is 2.44 bits per heavy atom. The predicted octanol–water partition coefficient (Wildman–Crippen LogP) is 2.39. The highest BCUT2D eigenvalue weighted by Gasteiger charge is 2.34. The van der Waals surface area contributed by atoms with Gasteiger partial charge in [-0.25, -0.2) is 0 Å².